The van der Waals surface area contributed by atoms with Gasteiger partial charge in [0.1, 0.15) is 0 Å². The molecule has 1 unspecified atom stereocenters. The van der Waals surface area contributed by atoms with Crippen molar-refractivity contribution in [3.05, 3.63) is 64.3 Å². The van der Waals surface area contributed by atoms with Crippen molar-refractivity contribution in [3.8, 4) is 0 Å². The maximum absolute atomic E-state index is 2.34. The second-order valence-electron chi connectivity index (χ2n) is 4.90. The van der Waals surface area contributed by atoms with Crippen molar-refractivity contribution in [2.45, 2.75) is 20.3 Å². The standard InChI is InChI=1S/C16H16/c1-11-3-5-13-10-16-8-12(2)4-6-14(16)9-15(13)7-11/h3-9,13H,10H2,1-2H3. The summed E-state index contributed by atoms with van der Waals surface area (Å²) < 4.78 is 0. The monoisotopic (exact) mass is 208 g/mol. The highest BCUT2D eigenvalue weighted by atomic mass is 14.2. The number of hydrogen-bond acceptors (Lipinski definition) is 0. The van der Waals surface area contributed by atoms with E-state index >= 15 is 0 Å². The van der Waals surface area contributed by atoms with Crippen LogP contribution in [0.15, 0.2) is 47.6 Å². The van der Waals surface area contributed by atoms with E-state index in [9.17, 15) is 0 Å². The van der Waals surface area contributed by atoms with Gasteiger partial charge in [0.15, 0.2) is 0 Å². The zero-order chi connectivity index (χ0) is 11.1. The van der Waals surface area contributed by atoms with E-state index in [-0.39, 0.29) is 0 Å². The van der Waals surface area contributed by atoms with E-state index in [1.165, 1.54) is 27.8 Å². The quantitative estimate of drug-likeness (QED) is 0.603. The summed E-state index contributed by atoms with van der Waals surface area (Å²) >= 11 is 0. The molecule has 16 heavy (non-hydrogen) atoms. The minimum absolute atomic E-state index is 0.595. The van der Waals surface area contributed by atoms with Crippen LogP contribution in [0.1, 0.15) is 23.6 Å². The third-order valence-corrected chi connectivity index (χ3v) is 3.47. The molecule has 2 aliphatic rings. The van der Waals surface area contributed by atoms with Crippen molar-refractivity contribution in [1.29, 1.82) is 0 Å². The molecular weight excluding hydrogens is 192 g/mol. The average molecular weight is 208 g/mol. The number of hydrogen-bond donors (Lipinski definition) is 0. The van der Waals surface area contributed by atoms with E-state index in [4.69, 9.17) is 0 Å². The van der Waals surface area contributed by atoms with Crippen LogP contribution in [-0.4, -0.2) is 0 Å². The van der Waals surface area contributed by atoms with Crippen molar-refractivity contribution in [3.63, 3.8) is 0 Å². The van der Waals surface area contributed by atoms with Gasteiger partial charge in [-0.15, -0.1) is 0 Å². The van der Waals surface area contributed by atoms with E-state index in [1.807, 2.05) is 0 Å². The van der Waals surface area contributed by atoms with Gasteiger partial charge in [-0.2, -0.15) is 0 Å². The number of benzene rings is 1. The largest absolute Gasteiger partial charge is 0.0764 e. The lowest BCUT2D eigenvalue weighted by Crippen LogP contribution is -2.12. The van der Waals surface area contributed by atoms with E-state index in [2.05, 4.69) is 56.4 Å². The van der Waals surface area contributed by atoms with E-state index < -0.39 is 0 Å². The first-order valence-electron chi connectivity index (χ1n) is 5.90. The normalized spacial score (nSPS) is 22.0. The van der Waals surface area contributed by atoms with Crippen LogP contribution in [-0.2, 0) is 6.42 Å². The third-order valence-electron chi connectivity index (χ3n) is 3.47. The molecule has 0 heteroatoms. The summed E-state index contributed by atoms with van der Waals surface area (Å²) in [5.74, 6) is 0.595. The van der Waals surface area contributed by atoms with Crippen LogP contribution in [0.2, 0.25) is 0 Å². The molecule has 0 nitrogen and oxygen atoms in total. The SMILES string of the molecule is CC1=CC2=Cc3ccc(C)cc3CC2C=C1. The molecule has 1 atom stereocenters. The zero-order valence-electron chi connectivity index (χ0n) is 9.83. The first kappa shape index (κ1) is 9.65. The Kier molecular flexibility index (Phi) is 2.10. The first-order chi connectivity index (χ1) is 7.72. The number of allylic oxidation sites excluding steroid dienone is 5. The summed E-state index contributed by atoms with van der Waals surface area (Å²) in [6, 6.07) is 6.77. The molecular formula is C16H16. The van der Waals surface area contributed by atoms with Gasteiger partial charge in [-0.25, -0.2) is 0 Å². The van der Waals surface area contributed by atoms with Gasteiger partial charge in [-0.1, -0.05) is 53.6 Å². The van der Waals surface area contributed by atoms with Crippen LogP contribution in [0.25, 0.3) is 6.08 Å². The maximum Gasteiger partial charge on any atom is 0.00621 e. The summed E-state index contributed by atoms with van der Waals surface area (Å²) in [7, 11) is 0. The molecule has 1 aromatic rings. The van der Waals surface area contributed by atoms with Crippen LogP contribution in [0.3, 0.4) is 0 Å². The Labute approximate surface area is 97.0 Å². The molecule has 0 heterocycles. The number of fused-ring (bicyclic) bond motifs is 2. The van der Waals surface area contributed by atoms with Gasteiger partial charge in [0.2, 0.25) is 0 Å². The van der Waals surface area contributed by atoms with E-state index in [0.717, 1.165) is 6.42 Å². The molecule has 0 aromatic heterocycles. The van der Waals surface area contributed by atoms with Gasteiger partial charge in [-0.3, -0.25) is 0 Å². The topological polar surface area (TPSA) is 0 Å². The smallest absolute Gasteiger partial charge is 0.00621 e. The minimum Gasteiger partial charge on any atom is -0.0764 e. The molecule has 3 rings (SSSR count). The Morgan fingerprint density at radius 3 is 2.88 bits per heavy atom. The molecule has 0 radical (unpaired) electrons. The van der Waals surface area contributed by atoms with Gasteiger partial charge >= 0.3 is 0 Å². The Morgan fingerprint density at radius 2 is 2.00 bits per heavy atom. The van der Waals surface area contributed by atoms with Crippen molar-refractivity contribution in [2.75, 3.05) is 0 Å². The molecule has 0 bridgehead atoms. The Balaban J connectivity index is 2.11. The number of rotatable bonds is 0. The lowest BCUT2D eigenvalue weighted by Gasteiger charge is -2.25. The van der Waals surface area contributed by atoms with Crippen LogP contribution in [0, 0.1) is 12.8 Å². The lowest BCUT2D eigenvalue weighted by molar-refractivity contribution is 0.755. The van der Waals surface area contributed by atoms with Gasteiger partial charge in [-0.05, 0) is 37.0 Å². The van der Waals surface area contributed by atoms with Gasteiger partial charge in [0.05, 0.1) is 0 Å². The summed E-state index contributed by atoms with van der Waals surface area (Å²) in [6.07, 6.45) is 10.4. The fourth-order valence-electron chi connectivity index (χ4n) is 2.60. The zero-order valence-corrected chi connectivity index (χ0v) is 9.83. The third kappa shape index (κ3) is 1.55. The van der Waals surface area contributed by atoms with Crippen molar-refractivity contribution in [1.82, 2.24) is 0 Å². The second kappa shape index (κ2) is 3.48. The molecule has 0 saturated carbocycles. The predicted molar refractivity (Wildman–Crippen MR) is 69.2 cm³/mol. The van der Waals surface area contributed by atoms with Crippen molar-refractivity contribution < 1.29 is 0 Å². The molecule has 0 aliphatic heterocycles. The Bertz CT molecular complexity index is 527. The fraction of sp³-hybridized carbons (Fsp3) is 0.250. The highest BCUT2D eigenvalue weighted by Gasteiger charge is 2.19. The summed E-state index contributed by atoms with van der Waals surface area (Å²) in [5.41, 5.74) is 7.08. The maximum atomic E-state index is 2.34. The van der Waals surface area contributed by atoms with Gasteiger partial charge in [0.25, 0.3) is 0 Å². The molecule has 80 valence electrons. The first-order valence-corrected chi connectivity index (χ1v) is 5.90. The molecule has 0 spiro atoms. The van der Waals surface area contributed by atoms with Gasteiger partial charge < -0.3 is 0 Å². The van der Waals surface area contributed by atoms with E-state index in [0.29, 0.717) is 5.92 Å². The fourth-order valence-corrected chi connectivity index (χ4v) is 2.60. The highest BCUT2D eigenvalue weighted by molar-refractivity contribution is 5.65. The van der Waals surface area contributed by atoms with Crippen LogP contribution in [0.4, 0.5) is 0 Å². The second-order valence-corrected chi connectivity index (χ2v) is 4.90. The highest BCUT2D eigenvalue weighted by Crippen LogP contribution is 2.33. The van der Waals surface area contributed by atoms with Crippen LogP contribution in [0.5, 0.6) is 0 Å². The average Bonchev–Trinajstić information content (AvgIpc) is 2.26. The molecule has 0 N–H and O–H groups in total. The minimum atomic E-state index is 0.595. The van der Waals surface area contributed by atoms with Crippen molar-refractivity contribution >= 4 is 6.08 Å². The van der Waals surface area contributed by atoms with Crippen LogP contribution >= 0.6 is 0 Å². The summed E-state index contributed by atoms with van der Waals surface area (Å²) in [6.45, 7) is 4.33. The van der Waals surface area contributed by atoms with E-state index in [1.54, 1.807) is 0 Å². The molecule has 1 aromatic carbocycles. The molecule has 0 amide bonds. The molecule has 2 aliphatic carbocycles. The molecule has 0 saturated heterocycles. The van der Waals surface area contributed by atoms with Crippen LogP contribution < -0.4 is 0 Å². The Hall–Kier alpha value is -1.56. The molecule has 0 fully saturated rings. The Morgan fingerprint density at radius 1 is 1.12 bits per heavy atom. The van der Waals surface area contributed by atoms with Crippen molar-refractivity contribution in [2.24, 2.45) is 5.92 Å². The van der Waals surface area contributed by atoms with Gasteiger partial charge in [0, 0.05) is 5.92 Å². The predicted octanol–water partition coefficient (Wildman–Crippen LogP) is 4.07. The lowest BCUT2D eigenvalue weighted by atomic mass is 9.80. The number of aryl methyl sites for hydroxylation is 1. The summed E-state index contributed by atoms with van der Waals surface area (Å²) in [4.78, 5) is 0. The summed E-state index contributed by atoms with van der Waals surface area (Å²) in [5, 5.41) is 0.